The van der Waals surface area contributed by atoms with E-state index in [4.69, 9.17) is 4.98 Å². The fourth-order valence-corrected chi connectivity index (χ4v) is 3.35. The summed E-state index contributed by atoms with van der Waals surface area (Å²) in [6.45, 7) is 1.71. The van der Waals surface area contributed by atoms with Crippen molar-refractivity contribution in [3.8, 4) is 11.3 Å². The number of amides is 1. The lowest BCUT2D eigenvalue weighted by atomic mass is 10.1. The van der Waals surface area contributed by atoms with Gasteiger partial charge in [-0.3, -0.25) is 4.79 Å². The lowest BCUT2D eigenvalue weighted by molar-refractivity contribution is -0.115. The molecular weight excluding hydrogens is 350 g/mol. The molecule has 0 spiro atoms. The van der Waals surface area contributed by atoms with Gasteiger partial charge in [0, 0.05) is 43.1 Å². The van der Waals surface area contributed by atoms with E-state index in [-0.39, 0.29) is 12.3 Å². The molecule has 0 aliphatic carbocycles. The van der Waals surface area contributed by atoms with Crippen LogP contribution in [0.5, 0.6) is 0 Å². The molecule has 0 bridgehead atoms. The van der Waals surface area contributed by atoms with Crippen molar-refractivity contribution in [1.82, 2.24) is 9.97 Å². The predicted molar refractivity (Wildman–Crippen MR) is 113 cm³/mol. The van der Waals surface area contributed by atoms with E-state index in [9.17, 15) is 4.79 Å². The van der Waals surface area contributed by atoms with E-state index < -0.39 is 0 Å². The van der Waals surface area contributed by atoms with Gasteiger partial charge < -0.3 is 15.5 Å². The molecule has 0 saturated carbocycles. The summed E-state index contributed by atoms with van der Waals surface area (Å²) in [7, 11) is 2.09. The predicted octanol–water partition coefficient (Wildman–Crippen LogP) is 3.58. The van der Waals surface area contributed by atoms with Gasteiger partial charge in [0.15, 0.2) is 0 Å². The number of fused-ring (bicyclic) bond motifs is 3. The number of carbonyl (C=O) groups excluding carboxylic acids is 1. The van der Waals surface area contributed by atoms with Crippen molar-refractivity contribution in [2.75, 3.05) is 35.7 Å². The van der Waals surface area contributed by atoms with E-state index in [1.807, 2.05) is 42.5 Å². The minimum Gasteiger partial charge on any atom is -0.375 e. The van der Waals surface area contributed by atoms with Gasteiger partial charge >= 0.3 is 0 Å². The first kappa shape index (κ1) is 18.0. The molecule has 0 unspecified atom stereocenters. The maximum absolute atomic E-state index is 12.1. The number of carbonyl (C=O) groups is 1. The van der Waals surface area contributed by atoms with Crippen molar-refractivity contribution in [3.63, 3.8) is 0 Å². The second-order valence-electron chi connectivity index (χ2n) is 6.88. The normalized spacial score (nSPS) is 12.4. The number of aromatic nitrogens is 2. The highest BCUT2D eigenvalue weighted by molar-refractivity contribution is 5.99. The fraction of sp³-hybridized carbons (Fsp3) is 0.227. The Hall–Kier alpha value is -3.41. The SMILES string of the molecule is CN(CCCNc1ncc2c(n1)-c1ccccc1NC(=O)C2)c1ccccc1. The molecule has 1 aliphatic rings. The van der Waals surface area contributed by atoms with Gasteiger partial charge in [-0.1, -0.05) is 36.4 Å². The van der Waals surface area contributed by atoms with Crippen LogP contribution in [0.25, 0.3) is 11.3 Å². The summed E-state index contributed by atoms with van der Waals surface area (Å²) in [5, 5.41) is 6.25. The highest BCUT2D eigenvalue weighted by Gasteiger charge is 2.20. The van der Waals surface area contributed by atoms with Gasteiger partial charge in [0.1, 0.15) is 0 Å². The molecule has 1 amide bonds. The van der Waals surface area contributed by atoms with E-state index in [0.717, 1.165) is 42.0 Å². The van der Waals surface area contributed by atoms with E-state index >= 15 is 0 Å². The molecule has 6 nitrogen and oxygen atoms in total. The van der Waals surface area contributed by atoms with Crippen LogP contribution in [0.15, 0.2) is 60.8 Å². The standard InChI is InChI=1S/C22H23N5O/c1-27(17-8-3-2-4-9-17)13-7-12-23-22-24-15-16-14-20(28)25-19-11-6-5-10-18(19)21(16)26-22/h2-6,8-11,15H,7,12-14H2,1H3,(H,25,28)(H,23,24,26). The maximum atomic E-state index is 12.1. The Morgan fingerprint density at radius 2 is 1.89 bits per heavy atom. The number of rotatable bonds is 6. The molecule has 4 rings (SSSR count). The van der Waals surface area contributed by atoms with Crippen LogP contribution in [-0.4, -0.2) is 36.0 Å². The Morgan fingerprint density at radius 3 is 2.75 bits per heavy atom. The summed E-state index contributed by atoms with van der Waals surface area (Å²) < 4.78 is 0. The van der Waals surface area contributed by atoms with Crippen molar-refractivity contribution in [2.45, 2.75) is 12.8 Å². The fourth-order valence-electron chi connectivity index (χ4n) is 3.35. The van der Waals surface area contributed by atoms with Gasteiger partial charge in [0.25, 0.3) is 0 Å². The van der Waals surface area contributed by atoms with Crippen LogP contribution in [0.1, 0.15) is 12.0 Å². The highest BCUT2D eigenvalue weighted by Crippen LogP contribution is 2.32. The summed E-state index contributed by atoms with van der Waals surface area (Å²) in [5.74, 6) is 0.546. The zero-order chi connectivity index (χ0) is 19.3. The highest BCUT2D eigenvalue weighted by atomic mass is 16.1. The molecule has 0 radical (unpaired) electrons. The Labute approximate surface area is 164 Å². The van der Waals surface area contributed by atoms with Gasteiger partial charge in [0.2, 0.25) is 11.9 Å². The average molecular weight is 373 g/mol. The monoisotopic (exact) mass is 373 g/mol. The number of hydrogen-bond acceptors (Lipinski definition) is 5. The molecule has 0 atom stereocenters. The zero-order valence-corrected chi connectivity index (χ0v) is 15.9. The number of hydrogen-bond donors (Lipinski definition) is 2. The zero-order valence-electron chi connectivity index (χ0n) is 15.9. The first-order chi connectivity index (χ1) is 13.7. The lowest BCUT2D eigenvalue weighted by Gasteiger charge is -2.19. The Kier molecular flexibility index (Phi) is 5.19. The maximum Gasteiger partial charge on any atom is 0.228 e. The third kappa shape index (κ3) is 3.96. The first-order valence-corrected chi connectivity index (χ1v) is 9.46. The van der Waals surface area contributed by atoms with E-state index in [1.165, 1.54) is 5.69 Å². The van der Waals surface area contributed by atoms with Crippen molar-refractivity contribution in [2.24, 2.45) is 0 Å². The third-order valence-electron chi connectivity index (χ3n) is 4.82. The number of para-hydroxylation sites is 2. The largest absolute Gasteiger partial charge is 0.375 e. The van der Waals surface area contributed by atoms with Crippen LogP contribution in [0.2, 0.25) is 0 Å². The minimum atomic E-state index is -0.0422. The second kappa shape index (κ2) is 8.08. The average Bonchev–Trinajstić information content (AvgIpc) is 2.87. The molecule has 6 heteroatoms. The van der Waals surface area contributed by atoms with Crippen LogP contribution in [-0.2, 0) is 11.2 Å². The lowest BCUT2D eigenvalue weighted by Crippen LogP contribution is -2.21. The third-order valence-corrected chi connectivity index (χ3v) is 4.82. The molecule has 28 heavy (non-hydrogen) atoms. The Morgan fingerprint density at radius 1 is 1.11 bits per heavy atom. The second-order valence-corrected chi connectivity index (χ2v) is 6.88. The minimum absolute atomic E-state index is 0.0422. The van der Waals surface area contributed by atoms with Gasteiger partial charge in [-0.2, -0.15) is 0 Å². The van der Waals surface area contributed by atoms with E-state index in [0.29, 0.717) is 5.95 Å². The van der Waals surface area contributed by atoms with Crippen molar-refractivity contribution in [3.05, 3.63) is 66.4 Å². The van der Waals surface area contributed by atoms with Crippen molar-refractivity contribution < 1.29 is 4.79 Å². The molecule has 0 saturated heterocycles. The summed E-state index contributed by atoms with van der Waals surface area (Å²) in [6.07, 6.45) is 3.00. The van der Waals surface area contributed by atoms with E-state index in [2.05, 4.69) is 39.7 Å². The molecule has 2 aromatic carbocycles. The first-order valence-electron chi connectivity index (χ1n) is 9.46. The summed E-state index contributed by atoms with van der Waals surface area (Å²) in [4.78, 5) is 23.4. The van der Waals surface area contributed by atoms with Crippen LogP contribution in [0.3, 0.4) is 0 Å². The van der Waals surface area contributed by atoms with Crippen LogP contribution in [0, 0.1) is 0 Å². The van der Waals surface area contributed by atoms with Crippen molar-refractivity contribution in [1.29, 1.82) is 0 Å². The summed E-state index contributed by atoms with van der Waals surface area (Å²) >= 11 is 0. The van der Waals surface area contributed by atoms with Crippen LogP contribution in [0.4, 0.5) is 17.3 Å². The molecular formula is C22H23N5O. The molecule has 2 heterocycles. The van der Waals surface area contributed by atoms with E-state index in [1.54, 1.807) is 6.20 Å². The molecule has 2 N–H and O–H groups in total. The topological polar surface area (TPSA) is 70.2 Å². The molecule has 142 valence electrons. The Balaban J connectivity index is 1.42. The smallest absolute Gasteiger partial charge is 0.228 e. The molecule has 1 aromatic heterocycles. The molecule has 3 aromatic rings. The summed E-state index contributed by atoms with van der Waals surface area (Å²) in [6, 6.07) is 18.1. The number of anilines is 3. The summed E-state index contributed by atoms with van der Waals surface area (Å²) in [5.41, 5.74) is 4.58. The van der Waals surface area contributed by atoms with Crippen molar-refractivity contribution >= 4 is 23.2 Å². The molecule has 1 aliphatic heterocycles. The van der Waals surface area contributed by atoms with Gasteiger partial charge in [-0.25, -0.2) is 9.97 Å². The number of nitrogens with one attached hydrogen (secondary N) is 2. The molecule has 0 fully saturated rings. The van der Waals surface area contributed by atoms with Gasteiger partial charge in [-0.05, 0) is 24.6 Å². The van der Waals surface area contributed by atoms with Gasteiger partial charge in [0.05, 0.1) is 17.8 Å². The Bertz CT molecular complexity index is 974. The number of nitrogens with zero attached hydrogens (tertiary/aromatic N) is 3. The quantitative estimate of drug-likeness (QED) is 0.647. The van der Waals surface area contributed by atoms with Gasteiger partial charge in [-0.15, -0.1) is 0 Å². The van der Waals surface area contributed by atoms with Crippen LogP contribution < -0.4 is 15.5 Å². The number of benzene rings is 2. The van der Waals surface area contributed by atoms with Crippen LogP contribution >= 0.6 is 0 Å².